The number of esters is 2. The van der Waals surface area contributed by atoms with E-state index in [9.17, 15) is 30.0 Å². The fraction of sp³-hybridized carbons (Fsp3) is 0.591. The number of hydrogen-bond donors (Lipinski definition) is 5. The minimum Gasteiger partial charge on any atom is -0.467 e. The fourth-order valence-electron chi connectivity index (χ4n) is 5.01. The minimum absolute atomic E-state index is 0.125. The molecule has 16 heteroatoms. The summed E-state index contributed by atoms with van der Waals surface area (Å²) in [6.45, 7) is 0.804. The van der Waals surface area contributed by atoms with Gasteiger partial charge in [-0.2, -0.15) is 0 Å². The molecule has 6 N–H and O–H groups in total. The quantitative estimate of drug-likeness (QED) is 0.193. The molecular weight excluding hydrogens is 510 g/mol. The number of aromatic nitrogens is 4. The van der Waals surface area contributed by atoms with Gasteiger partial charge in [-0.15, -0.1) is 0 Å². The summed E-state index contributed by atoms with van der Waals surface area (Å²) in [7, 11) is 1.07. The summed E-state index contributed by atoms with van der Waals surface area (Å²) in [5.74, 6) is -4.44. The normalized spacial score (nSPS) is 36.9. The Kier molecular flexibility index (Phi) is 6.80. The van der Waals surface area contributed by atoms with Crippen LogP contribution >= 0.6 is 0 Å². The molecule has 3 fully saturated rings. The highest BCUT2D eigenvalue weighted by atomic mass is 16.7. The van der Waals surface area contributed by atoms with Crippen LogP contribution < -0.4 is 5.73 Å². The number of fused-ring (bicyclic) bond motifs is 3. The molecule has 3 aliphatic heterocycles. The fourth-order valence-corrected chi connectivity index (χ4v) is 5.01. The second-order valence-electron chi connectivity index (χ2n) is 9.07. The Bertz CT molecular complexity index is 1270. The van der Waals surface area contributed by atoms with E-state index in [0.717, 1.165) is 7.11 Å². The number of aliphatic hydroxyl groups is 4. The van der Waals surface area contributed by atoms with Crippen molar-refractivity contribution in [1.82, 2.24) is 19.5 Å². The van der Waals surface area contributed by atoms with Crippen LogP contribution in [-0.2, 0) is 33.3 Å². The molecule has 5 rings (SSSR count). The topological polar surface area (TPSA) is 231 Å². The first-order chi connectivity index (χ1) is 18.1. The molecule has 5 heterocycles. The number of allylic oxidation sites excluding steroid dienone is 1. The van der Waals surface area contributed by atoms with Gasteiger partial charge in [0.1, 0.15) is 36.3 Å². The van der Waals surface area contributed by atoms with Crippen LogP contribution in [0.15, 0.2) is 24.3 Å². The number of nitrogens with zero attached hydrogens (tertiary/aromatic N) is 4. The molecule has 0 bridgehead atoms. The van der Waals surface area contributed by atoms with Crippen molar-refractivity contribution in [3.05, 3.63) is 24.3 Å². The first-order valence-electron chi connectivity index (χ1n) is 11.7. The number of ether oxygens (including phenoxy) is 5. The van der Waals surface area contributed by atoms with Gasteiger partial charge in [0.15, 0.2) is 29.9 Å². The van der Waals surface area contributed by atoms with Gasteiger partial charge in [-0.3, -0.25) is 4.57 Å². The number of carbonyl (C=O) groups is 2. The first-order valence-corrected chi connectivity index (χ1v) is 11.7. The summed E-state index contributed by atoms with van der Waals surface area (Å²) in [5.41, 5.74) is 6.25. The van der Waals surface area contributed by atoms with Crippen molar-refractivity contribution >= 4 is 28.9 Å². The third kappa shape index (κ3) is 4.01. The maximum absolute atomic E-state index is 12.6. The Morgan fingerprint density at radius 3 is 2.71 bits per heavy atom. The average molecular weight is 537 g/mol. The maximum atomic E-state index is 12.6. The van der Waals surface area contributed by atoms with Crippen LogP contribution in [0.1, 0.15) is 19.6 Å². The lowest BCUT2D eigenvalue weighted by molar-refractivity contribution is -0.396. The number of hydrogen-bond acceptors (Lipinski definition) is 15. The average Bonchev–Trinajstić information content (AvgIpc) is 3.46. The van der Waals surface area contributed by atoms with Gasteiger partial charge >= 0.3 is 11.9 Å². The Hall–Kier alpha value is -3.25. The van der Waals surface area contributed by atoms with Gasteiger partial charge in [0.05, 0.1) is 31.7 Å². The second kappa shape index (κ2) is 9.81. The number of nitrogen functional groups attached to an aromatic ring is 1. The highest BCUT2D eigenvalue weighted by molar-refractivity contribution is 5.89. The molecule has 38 heavy (non-hydrogen) atoms. The molecule has 2 aromatic heterocycles. The molecule has 3 aliphatic rings. The van der Waals surface area contributed by atoms with Crippen molar-refractivity contribution < 1.29 is 53.7 Å². The first kappa shape index (κ1) is 26.4. The van der Waals surface area contributed by atoms with Crippen molar-refractivity contribution in [2.24, 2.45) is 0 Å². The number of imidazole rings is 1. The van der Waals surface area contributed by atoms with E-state index in [0.29, 0.717) is 0 Å². The molecule has 16 nitrogen and oxygen atoms in total. The summed E-state index contributed by atoms with van der Waals surface area (Å²) < 4.78 is 29.0. The molecular formula is C22H27N5O11. The van der Waals surface area contributed by atoms with Crippen LogP contribution in [0.3, 0.4) is 0 Å². The molecule has 0 radical (unpaired) electrons. The lowest BCUT2D eigenvalue weighted by atomic mass is 9.84. The number of aliphatic hydroxyl groups excluding tert-OH is 3. The largest absolute Gasteiger partial charge is 0.467 e. The lowest BCUT2D eigenvalue weighted by Gasteiger charge is -2.52. The molecule has 206 valence electrons. The van der Waals surface area contributed by atoms with E-state index in [1.165, 1.54) is 30.2 Å². The van der Waals surface area contributed by atoms with E-state index in [-0.39, 0.29) is 29.0 Å². The number of anilines is 1. The van der Waals surface area contributed by atoms with Crippen LogP contribution in [0.4, 0.5) is 5.82 Å². The van der Waals surface area contributed by atoms with Crippen molar-refractivity contribution in [1.29, 1.82) is 0 Å². The number of nitrogens with two attached hydrogens (primary N) is 1. The molecule has 0 amide bonds. The third-order valence-corrected chi connectivity index (χ3v) is 6.99. The Labute approximate surface area is 214 Å². The van der Waals surface area contributed by atoms with E-state index < -0.39 is 73.3 Å². The summed E-state index contributed by atoms with van der Waals surface area (Å²) in [6, 6.07) is 0. The zero-order chi connectivity index (χ0) is 27.4. The number of methoxy groups -OCH3 is 1. The third-order valence-electron chi connectivity index (χ3n) is 6.99. The van der Waals surface area contributed by atoms with E-state index >= 15 is 0 Å². The summed E-state index contributed by atoms with van der Waals surface area (Å²) in [6.07, 6.45) is -7.60. The minimum atomic E-state index is -2.52. The van der Waals surface area contributed by atoms with E-state index in [1.54, 1.807) is 0 Å². The van der Waals surface area contributed by atoms with Crippen molar-refractivity contribution in [2.45, 2.75) is 68.1 Å². The van der Waals surface area contributed by atoms with Gasteiger partial charge in [-0.05, 0) is 6.92 Å². The Morgan fingerprint density at radius 1 is 1.26 bits per heavy atom. The van der Waals surface area contributed by atoms with Gasteiger partial charge in [0, 0.05) is 6.42 Å². The van der Waals surface area contributed by atoms with Crippen LogP contribution in [0.25, 0.3) is 11.2 Å². The van der Waals surface area contributed by atoms with E-state index in [2.05, 4.69) is 15.0 Å². The van der Waals surface area contributed by atoms with Crippen molar-refractivity contribution in [3.63, 3.8) is 0 Å². The maximum Gasteiger partial charge on any atom is 0.337 e. The summed E-state index contributed by atoms with van der Waals surface area (Å²) in [4.78, 5) is 37.2. The molecule has 0 saturated carbocycles. The molecule has 3 saturated heterocycles. The van der Waals surface area contributed by atoms with Gasteiger partial charge in [-0.1, -0.05) is 6.08 Å². The van der Waals surface area contributed by atoms with Gasteiger partial charge in [-0.25, -0.2) is 24.5 Å². The van der Waals surface area contributed by atoms with E-state index in [4.69, 9.17) is 29.4 Å². The lowest BCUT2D eigenvalue weighted by Crippen LogP contribution is -2.73. The van der Waals surface area contributed by atoms with Crippen LogP contribution in [-0.4, -0.2) is 114 Å². The molecule has 0 aromatic carbocycles. The van der Waals surface area contributed by atoms with Gasteiger partial charge < -0.3 is 49.8 Å². The molecule has 0 spiro atoms. The van der Waals surface area contributed by atoms with E-state index in [1.807, 2.05) is 0 Å². The molecule has 2 aromatic rings. The second-order valence-corrected chi connectivity index (χ2v) is 9.07. The Morgan fingerprint density at radius 2 is 2.03 bits per heavy atom. The zero-order valence-electron chi connectivity index (χ0n) is 20.3. The Balaban J connectivity index is 1.47. The number of rotatable bonds is 5. The van der Waals surface area contributed by atoms with Crippen LogP contribution in [0.5, 0.6) is 0 Å². The highest BCUT2D eigenvalue weighted by Gasteiger charge is 2.67. The van der Waals surface area contributed by atoms with Crippen molar-refractivity contribution in [2.75, 3.05) is 19.5 Å². The van der Waals surface area contributed by atoms with Crippen molar-refractivity contribution in [3.8, 4) is 0 Å². The monoisotopic (exact) mass is 537 g/mol. The predicted molar refractivity (Wildman–Crippen MR) is 121 cm³/mol. The predicted octanol–water partition coefficient (Wildman–Crippen LogP) is -2.70. The SMILES string of the molecule is C/C=C(\CO)C(=O)O[C@H]1[C@H](O)[C@@H](C(=O)OC)O[C@@H]2C[C@H]3O[C@@H](n4cnc5c(N)ncnc54)[C@H](O)[C@H]3O[C@]21O. The molecule has 9 atom stereocenters. The highest BCUT2D eigenvalue weighted by Crippen LogP contribution is 2.47. The molecule has 0 unspecified atom stereocenters. The van der Waals surface area contributed by atoms with Gasteiger partial charge in [0.2, 0.25) is 5.79 Å². The smallest absolute Gasteiger partial charge is 0.337 e. The standard InChI is InChI=1S/C22H27N5O11/c1-3-8(5-28)20(31)37-16-12(29)15(21(32)34-2)36-10-4-9-14(38-22(10,16)33)13(30)19(35-9)27-7-26-11-17(23)24-6-25-18(11)27/h3,6-7,9-10,12-16,19,28-30,33H,4-5H2,1-2H3,(H2,23,24,25)/b8-3+/t9-,10-,12-,13-,14+,15+,16+,19-,22-/m1/s1. The van der Waals surface area contributed by atoms with Crippen LogP contribution in [0, 0.1) is 0 Å². The summed E-state index contributed by atoms with van der Waals surface area (Å²) in [5, 5.41) is 43.1. The van der Waals surface area contributed by atoms with Crippen LogP contribution in [0.2, 0.25) is 0 Å². The van der Waals surface area contributed by atoms with Gasteiger partial charge in [0.25, 0.3) is 0 Å². The zero-order valence-corrected chi connectivity index (χ0v) is 20.3. The summed E-state index contributed by atoms with van der Waals surface area (Å²) >= 11 is 0. The number of carbonyl (C=O) groups excluding carboxylic acids is 2. The molecule has 0 aliphatic carbocycles.